The number of hydrogen-bond acceptors (Lipinski definition) is 2. The summed E-state index contributed by atoms with van der Waals surface area (Å²) < 4.78 is 1.05. The van der Waals surface area contributed by atoms with Crippen LogP contribution in [0.2, 0.25) is 0 Å². The highest BCUT2D eigenvalue weighted by Crippen LogP contribution is 2.40. The van der Waals surface area contributed by atoms with Crippen molar-refractivity contribution in [2.45, 2.75) is 58.9 Å². The van der Waals surface area contributed by atoms with Gasteiger partial charge in [0.1, 0.15) is 0 Å². The summed E-state index contributed by atoms with van der Waals surface area (Å²) in [5, 5.41) is 3.54. The summed E-state index contributed by atoms with van der Waals surface area (Å²) in [5.41, 5.74) is 1.66. The van der Waals surface area contributed by atoms with E-state index in [1.807, 2.05) is 6.20 Å². The fourth-order valence-corrected chi connectivity index (χ4v) is 3.88. The molecule has 2 rings (SSSR count). The number of pyridine rings is 1. The fraction of sp³-hybridized carbons (Fsp3) is 0.722. The lowest BCUT2D eigenvalue weighted by atomic mass is 9.68. The third-order valence-corrected chi connectivity index (χ3v) is 5.62. The molecule has 1 aliphatic rings. The molecule has 1 aromatic heterocycles. The van der Waals surface area contributed by atoms with E-state index in [1.54, 1.807) is 0 Å². The molecule has 21 heavy (non-hydrogen) atoms. The molecule has 0 bridgehead atoms. The maximum Gasteiger partial charge on any atom is 0.0420 e. The van der Waals surface area contributed by atoms with Crippen LogP contribution in [0, 0.1) is 17.3 Å². The van der Waals surface area contributed by atoms with E-state index in [2.05, 4.69) is 66.2 Å². The van der Waals surface area contributed by atoms with Crippen molar-refractivity contribution in [2.75, 3.05) is 7.05 Å². The first-order valence-corrected chi connectivity index (χ1v) is 8.97. The Morgan fingerprint density at radius 1 is 1.24 bits per heavy atom. The summed E-state index contributed by atoms with van der Waals surface area (Å²) in [6.45, 7) is 7.16. The first-order valence-electron chi connectivity index (χ1n) is 8.18. The minimum Gasteiger partial charge on any atom is -0.316 e. The van der Waals surface area contributed by atoms with Gasteiger partial charge in [0.25, 0.3) is 0 Å². The second-order valence-electron chi connectivity index (χ2n) is 7.54. The van der Waals surface area contributed by atoms with Gasteiger partial charge in [-0.15, -0.1) is 0 Å². The second kappa shape index (κ2) is 7.23. The number of hydrogen-bond donors (Lipinski definition) is 1. The Morgan fingerprint density at radius 3 is 2.38 bits per heavy atom. The van der Waals surface area contributed by atoms with Crippen molar-refractivity contribution in [3.05, 3.63) is 28.5 Å². The van der Waals surface area contributed by atoms with E-state index in [1.165, 1.54) is 31.4 Å². The van der Waals surface area contributed by atoms with E-state index in [0.717, 1.165) is 22.7 Å². The molecule has 0 saturated heterocycles. The highest BCUT2D eigenvalue weighted by atomic mass is 79.9. The van der Waals surface area contributed by atoms with Gasteiger partial charge in [0.05, 0.1) is 0 Å². The Morgan fingerprint density at radius 2 is 1.90 bits per heavy atom. The highest BCUT2D eigenvalue weighted by molar-refractivity contribution is 9.10. The predicted molar refractivity (Wildman–Crippen MR) is 93.4 cm³/mol. The smallest absolute Gasteiger partial charge is 0.0420 e. The zero-order valence-electron chi connectivity index (χ0n) is 13.8. The van der Waals surface area contributed by atoms with Crippen LogP contribution in [0.3, 0.4) is 0 Å². The maximum atomic E-state index is 4.53. The SMILES string of the molecule is CNC(Cc1ccc(Br)cn1)C1CCC(C(C)(C)C)CC1. The molecule has 0 radical (unpaired) electrons. The topological polar surface area (TPSA) is 24.9 Å². The lowest BCUT2D eigenvalue weighted by molar-refractivity contribution is 0.134. The molecule has 3 heteroatoms. The molecule has 0 aromatic carbocycles. The van der Waals surface area contributed by atoms with Gasteiger partial charge >= 0.3 is 0 Å². The van der Waals surface area contributed by atoms with E-state index in [4.69, 9.17) is 0 Å². The molecule has 1 aliphatic carbocycles. The lowest BCUT2D eigenvalue weighted by Crippen LogP contribution is -2.39. The van der Waals surface area contributed by atoms with Gasteiger partial charge in [-0.05, 0) is 78.0 Å². The number of nitrogens with one attached hydrogen (secondary N) is 1. The van der Waals surface area contributed by atoms with Crippen molar-refractivity contribution < 1.29 is 0 Å². The minimum atomic E-state index is 0.466. The van der Waals surface area contributed by atoms with Crippen LogP contribution in [0.4, 0.5) is 0 Å². The van der Waals surface area contributed by atoms with Crippen LogP contribution in [-0.2, 0) is 6.42 Å². The van der Waals surface area contributed by atoms with Gasteiger partial charge < -0.3 is 5.32 Å². The third kappa shape index (κ3) is 4.79. The van der Waals surface area contributed by atoms with Gasteiger partial charge in [0, 0.05) is 28.8 Å². The van der Waals surface area contributed by atoms with Crippen molar-refractivity contribution >= 4 is 15.9 Å². The van der Waals surface area contributed by atoms with Gasteiger partial charge in [-0.25, -0.2) is 0 Å². The maximum absolute atomic E-state index is 4.53. The first-order chi connectivity index (χ1) is 9.90. The van der Waals surface area contributed by atoms with Crippen molar-refractivity contribution in [3.8, 4) is 0 Å². The van der Waals surface area contributed by atoms with Crippen LogP contribution in [0.5, 0.6) is 0 Å². The van der Waals surface area contributed by atoms with Crippen LogP contribution in [0.1, 0.15) is 52.1 Å². The first kappa shape index (κ1) is 17.0. The molecule has 0 spiro atoms. The number of nitrogens with zero attached hydrogens (tertiary/aromatic N) is 1. The number of aromatic nitrogens is 1. The summed E-state index contributed by atoms with van der Waals surface area (Å²) in [5.74, 6) is 1.68. The van der Waals surface area contributed by atoms with E-state index < -0.39 is 0 Å². The quantitative estimate of drug-likeness (QED) is 0.839. The van der Waals surface area contributed by atoms with Crippen LogP contribution in [0.25, 0.3) is 0 Å². The Balaban J connectivity index is 1.92. The van der Waals surface area contributed by atoms with Crippen molar-refractivity contribution in [2.24, 2.45) is 17.3 Å². The highest BCUT2D eigenvalue weighted by Gasteiger charge is 2.32. The van der Waals surface area contributed by atoms with Gasteiger partial charge in [0.2, 0.25) is 0 Å². The Hall–Kier alpha value is -0.410. The predicted octanol–water partition coefficient (Wildman–Crippen LogP) is 4.83. The standard InChI is InChI=1S/C18H29BrN2/c1-18(2,3)14-7-5-13(6-8-14)17(20-4)11-16-10-9-15(19)12-21-16/h9-10,12-14,17,20H,5-8,11H2,1-4H3. The summed E-state index contributed by atoms with van der Waals surface area (Å²) in [4.78, 5) is 4.53. The number of rotatable bonds is 4. The number of halogens is 1. The van der Waals surface area contributed by atoms with Crippen molar-refractivity contribution in [3.63, 3.8) is 0 Å². The summed E-state index contributed by atoms with van der Waals surface area (Å²) in [6.07, 6.45) is 8.39. The van der Waals surface area contributed by atoms with Crippen molar-refractivity contribution in [1.82, 2.24) is 10.3 Å². The molecular formula is C18H29BrN2. The van der Waals surface area contributed by atoms with E-state index in [0.29, 0.717) is 11.5 Å². The second-order valence-corrected chi connectivity index (χ2v) is 8.46. The average Bonchev–Trinajstić information content (AvgIpc) is 2.46. The molecule has 0 aliphatic heterocycles. The zero-order valence-corrected chi connectivity index (χ0v) is 15.4. The van der Waals surface area contributed by atoms with Crippen LogP contribution >= 0.6 is 15.9 Å². The van der Waals surface area contributed by atoms with Crippen LogP contribution < -0.4 is 5.32 Å². The monoisotopic (exact) mass is 352 g/mol. The lowest BCUT2D eigenvalue weighted by Gasteiger charge is -2.39. The van der Waals surface area contributed by atoms with Gasteiger partial charge in [0.15, 0.2) is 0 Å². The molecule has 1 aromatic rings. The van der Waals surface area contributed by atoms with Gasteiger partial charge in [-0.2, -0.15) is 0 Å². The molecule has 1 N–H and O–H groups in total. The molecule has 1 atom stereocenters. The summed E-state index contributed by atoms with van der Waals surface area (Å²) >= 11 is 3.45. The molecule has 1 saturated carbocycles. The molecule has 1 fully saturated rings. The molecule has 0 amide bonds. The summed E-state index contributed by atoms with van der Waals surface area (Å²) in [7, 11) is 2.10. The van der Waals surface area contributed by atoms with E-state index in [-0.39, 0.29) is 0 Å². The summed E-state index contributed by atoms with van der Waals surface area (Å²) in [6, 6.07) is 4.78. The van der Waals surface area contributed by atoms with E-state index in [9.17, 15) is 0 Å². The average molecular weight is 353 g/mol. The largest absolute Gasteiger partial charge is 0.316 e. The molecule has 1 heterocycles. The van der Waals surface area contributed by atoms with Crippen molar-refractivity contribution in [1.29, 1.82) is 0 Å². The normalized spacial score (nSPS) is 24.8. The van der Waals surface area contributed by atoms with Crippen LogP contribution in [0.15, 0.2) is 22.8 Å². The Labute approximate surface area is 138 Å². The van der Waals surface area contributed by atoms with E-state index >= 15 is 0 Å². The molecule has 2 nitrogen and oxygen atoms in total. The molecular weight excluding hydrogens is 324 g/mol. The molecule has 118 valence electrons. The zero-order chi connectivity index (χ0) is 15.5. The van der Waals surface area contributed by atoms with Crippen LogP contribution in [-0.4, -0.2) is 18.1 Å². The fourth-order valence-electron chi connectivity index (χ4n) is 3.64. The number of likely N-dealkylation sites (N-methyl/N-ethyl adjacent to an activating group) is 1. The third-order valence-electron chi connectivity index (χ3n) is 5.15. The molecule has 1 unspecified atom stereocenters. The van der Waals surface area contributed by atoms with Gasteiger partial charge in [-0.1, -0.05) is 20.8 Å². The Kier molecular flexibility index (Phi) is 5.84. The minimum absolute atomic E-state index is 0.466. The van der Waals surface area contributed by atoms with Gasteiger partial charge in [-0.3, -0.25) is 4.98 Å². The Bertz CT molecular complexity index is 428.